The summed E-state index contributed by atoms with van der Waals surface area (Å²) >= 11 is 0. The van der Waals surface area contributed by atoms with E-state index in [1.165, 1.54) is 0 Å². The minimum atomic E-state index is -0.0463. The number of hydrogen-bond donors (Lipinski definition) is 0. The van der Waals surface area contributed by atoms with Crippen LogP contribution in [0.2, 0.25) is 0 Å². The van der Waals surface area contributed by atoms with E-state index >= 15 is 0 Å². The number of ether oxygens (including phenoxy) is 1. The first kappa shape index (κ1) is 10.9. The summed E-state index contributed by atoms with van der Waals surface area (Å²) in [6.07, 6.45) is 1.54. The molecule has 1 heterocycles. The van der Waals surface area contributed by atoms with Crippen molar-refractivity contribution in [2.75, 3.05) is 6.61 Å². The number of cyclic esters (lactones) is 1. The number of rotatable bonds is 0. The lowest BCUT2D eigenvalue weighted by Gasteiger charge is -1.81. The molecule has 0 atom stereocenters. The normalized spacial score (nSPS) is 15.8. The first-order valence-electron chi connectivity index (χ1n) is 2.05. The van der Waals surface area contributed by atoms with E-state index in [2.05, 4.69) is 4.74 Å². The quantitative estimate of drug-likeness (QED) is 0.496. The summed E-state index contributed by atoms with van der Waals surface area (Å²) in [5.41, 5.74) is 0. The van der Waals surface area contributed by atoms with Gasteiger partial charge in [0.05, 0.1) is 6.61 Å². The highest BCUT2D eigenvalue weighted by molar-refractivity contribution is 5.85. The molecule has 1 aliphatic rings. The fourth-order valence-electron chi connectivity index (χ4n) is 0.475. The van der Waals surface area contributed by atoms with E-state index in [0.717, 1.165) is 6.42 Å². The molecule has 0 bridgehead atoms. The highest BCUT2D eigenvalue weighted by atomic mass is 35.5. The van der Waals surface area contributed by atoms with Gasteiger partial charge >= 0.3 is 5.97 Å². The van der Waals surface area contributed by atoms with Crippen LogP contribution in [0.1, 0.15) is 12.8 Å². The van der Waals surface area contributed by atoms with Gasteiger partial charge in [-0.05, 0) is 6.42 Å². The lowest BCUT2D eigenvalue weighted by Crippen LogP contribution is -1.88. The summed E-state index contributed by atoms with van der Waals surface area (Å²) in [6, 6.07) is 0. The maximum Gasteiger partial charge on any atom is 0.305 e. The standard InChI is InChI=1S/C4H6O2.2ClH/c5-4-2-1-3-6-4;;/h1-3H2;2*1H. The van der Waals surface area contributed by atoms with Crippen LogP contribution >= 0.6 is 24.8 Å². The Hall–Kier alpha value is 0.0500. The highest BCUT2D eigenvalue weighted by Crippen LogP contribution is 2.01. The van der Waals surface area contributed by atoms with Crippen LogP contribution in [0.15, 0.2) is 0 Å². The molecular formula is C4H8Cl2O2. The second-order valence-corrected chi connectivity index (χ2v) is 1.32. The van der Waals surface area contributed by atoms with Crippen molar-refractivity contribution in [2.24, 2.45) is 0 Å². The molecule has 0 amide bonds. The zero-order valence-electron chi connectivity index (χ0n) is 4.25. The summed E-state index contributed by atoms with van der Waals surface area (Å²) in [6.45, 7) is 0.638. The van der Waals surface area contributed by atoms with Gasteiger partial charge in [0.2, 0.25) is 0 Å². The number of carbonyl (C=O) groups is 1. The summed E-state index contributed by atoms with van der Waals surface area (Å²) in [5, 5.41) is 0. The van der Waals surface area contributed by atoms with E-state index in [0.29, 0.717) is 13.0 Å². The molecule has 0 spiro atoms. The van der Waals surface area contributed by atoms with Crippen molar-refractivity contribution < 1.29 is 9.53 Å². The molecular weight excluding hydrogens is 151 g/mol. The van der Waals surface area contributed by atoms with Crippen LogP contribution < -0.4 is 0 Å². The maximum absolute atomic E-state index is 10.0. The summed E-state index contributed by atoms with van der Waals surface area (Å²) in [5.74, 6) is -0.0463. The van der Waals surface area contributed by atoms with Crippen LogP contribution in [0.25, 0.3) is 0 Å². The molecule has 1 aliphatic heterocycles. The number of carbonyl (C=O) groups excluding carboxylic acids is 1. The number of halogens is 2. The van der Waals surface area contributed by atoms with E-state index in [1.54, 1.807) is 0 Å². The molecule has 50 valence electrons. The predicted octanol–water partition coefficient (Wildman–Crippen LogP) is 1.17. The van der Waals surface area contributed by atoms with Crippen molar-refractivity contribution in [1.82, 2.24) is 0 Å². The SMILES string of the molecule is Cl.Cl.O=C1CCCO1. The molecule has 4 heteroatoms. The first-order valence-corrected chi connectivity index (χ1v) is 2.05. The molecule has 0 unspecified atom stereocenters. The predicted molar refractivity (Wildman–Crippen MR) is 34.7 cm³/mol. The highest BCUT2D eigenvalue weighted by Gasteiger charge is 2.08. The lowest BCUT2D eigenvalue weighted by atomic mass is 10.4. The van der Waals surface area contributed by atoms with Crippen LogP contribution in [-0.2, 0) is 9.53 Å². The van der Waals surface area contributed by atoms with Crippen molar-refractivity contribution in [3.8, 4) is 0 Å². The first-order chi connectivity index (χ1) is 2.89. The second kappa shape index (κ2) is 5.19. The van der Waals surface area contributed by atoms with Gasteiger partial charge in [-0.2, -0.15) is 0 Å². The monoisotopic (exact) mass is 158 g/mol. The van der Waals surface area contributed by atoms with Crippen LogP contribution in [0.5, 0.6) is 0 Å². The van der Waals surface area contributed by atoms with Crippen molar-refractivity contribution in [3.63, 3.8) is 0 Å². The molecule has 8 heavy (non-hydrogen) atoms. The zero-order valence-corrected chi connectivity index (χ0v) is 5.89. The van der Waals surface area contributed by atoms with Crippen LogP contribution in [0.4, 0.5) is 0 Å². The molecule has 0 radical (unpaired) electrons. The molecule has 2 nitrogen and oxygen atoms in total. The molecule has 1 fully saturated rings. The van der Waals surface area contributed by atoms with Crippen molar-refractivity contribution in [1.29, 1.82) is 0 Å². The van der Waals surface area contributed by atoms with Crippen LogP contribution in [0, 0.1) is 0 Å². The number of hydrogen-bond acceptors (Lipinski definition) is 2. The Morgan fingerprint density at radius 1 is 1.38 bits per heavy atom. The summed E-state index contributed by atoms with van der Waals surface area (Å²) in [4.78, 5) is 10.0. The molecule has 0 N–H and O–H groups in total. The van der Waals surface area contributed by atoms with Gasteiger partial charge < -0.3 is 4.74 Å². The Balaban J connectivity index is 0. The minimum Gasteiger partial charge on any atom is -0.466 e. The summed E-state index contributed by atoms with van der Waals surface area (Å²) in [7, 11) is 0. The topological polar surface area (TPSA) is 26.3 Å². The summed E-state index contributed by atoms with van der Waals surface area (Å²) < 4.78 is 4.51. The smallest absolute Gasteiger partial charge is 0.305 e. The Morgan fingerprint density at radius 2 is 2.00 bits per heavy atom. The zero-order chi connectivity index (χ0) is 4.41. The van der Waals surface area contributed by atoms with Gasteiger partial charge in [0.25, 0.3) is 0 Å². The number of esters is 1. The molecule has 0 aromatic heterocycles. The van der Waals surface area contributed by atoms with Gasteiger partial charge in [0.15, 0.2) is 0 Å². The Labute approximate surface area is 60.4 Å². The van der Waals surface area contributed by atoms with Gasteiger partial charge in [0.1, 0.15) is 0 Å². The Bertz CT molecular complexity index is 66.4. The fourth-order valence-corrected chi connectivity index (χ4v) is 0.475. The van der Waals surface area contributed by atoms with Crippen molar-refractivity contribution in [3.05, 3.63) is 0 Å². The maximum atomic E-state index is 10.0. The van der Waals surface area contributed by atoms with E-state index < -0.39 is 0 Å². The van der Waals surface area contributed by atoms with E-state index in [9.17, 15) is 4.79 Å². The average Bonchev–Trinajstić information content (AvgIpc) is 1.86. The molecule has 0 saturated carbocycles. The molecule has 0 aromatic carbocycles. The van der Waals surface area contributed by atoms with Gasteiger partial charge in [-0.15, -0.1) is 24.8 Å². The van der Waals surface area contributed by atoms with E-state index in [1.807, 2.05) is 0 Å². The minimum absolute atomic E-state index is 0. The Morgan fingerprint density at radius 3 is 2.12 bits per heavy atom. The van der Waals surface area contributed by atoms with Crippen LogP contribution in [-0.4, -0.2) is 12.6 Å². The third-order valence-electron chi connectivity index (χ3n) is 0.788. The molecule has 1 saturated heterocycles. The van der Waals surface area contributed by atoms with Gasteiger partial charge in [-0.1, -0.05) is 0 Å². The van der Waals surface area contributed by atoms with Crippen molar-refractivity contribution in [2.45, 2.75) is 12.8 Å². The molecule has 1 rings (SSSR count). The largest absolute Gasteiger partial charge is 0.466 e. The molecule has 0 aliphatic carbocycles. The van der Waals surface area contributed by atoms with Gasteiger partial charge in [-0.3, -0.25) is 4.79 Å². The van der Waals surface area contributed by atoms with E-state index in [-0.39, 0.29) is 30.8 Å². The average molecular weight is 159 g/mol. The Kier molecular flexibility index (Phi) is 7.09. The van der Waals surface area contributed by atoms with Crippen molar-refractivity contribution >= 4 is 30.8 Å². The third-order valence-corrected chi connectivity index (χ3v) is 0.788. The fraction of sp³-hybridized carbons (Fsp3) is 0.750. The van der Waals surface area contributed by atoms with Gasteiger partial charge in [-0.25, -0.2) is 0 Å². The molecule has 0 aromatic rings. The second-order valence-electron chi connectivity index (χ2n) is 1.32. The lowest BCUT2D eigenvalue weighted by molar-refractivity contribution is -0.137. The van der Waals surface area contributed by atoms with Gasteiger partial charge in [0, 0.05) is 6.42 Å². The van der Waals surface area contributed by atoms with Crippen LogP contribution in [0.3, 0.4) is 0 Å². The third kappa shape index (κ3) is 3.10. The van der Waals surface area contributed by atoms with E-state index in [4.69, 9.17) is 0 Å².